The third kappa shape index (κ3) is 2.51. The van der Waals surface area contributed by atoms with Crippen molar-refractivity contribution < 1.29 is 4.74 Å². The van der Waals surface area contributed by atoms with Crippen LogP contribution in [-0.2, 0) is 0 Å². The zero-order chi connectivity index (χ0) is 14.1. The number of nitrogens with zero attached hydrogens (tertiary/aromatic N) is 2. The molecule has 0 aliphatic rings. The summed E-state index contributed by atoms with van der Waals surface area (Å²) in [7, 11) is 1.68. The fourth-order valence-electron chi connectivity index (χ4n) is 2.19. The number of fused-ring (bicyclic) bond motifs is 1. The summed E-state index contributed by atoms with van der Waals surface area (Å²) in [5, 5.41) is 2.31. The van der Waals surface area contributed by atoms with Crippen LogP contribution in [0.4, 0.5) is 0 Å². The first-order chi connectivity index (χ1) is 9.65. The summed E-state index contributed by atoms with van der Waals surface area (Å²) in [4.78, 5) is 8.66. The van der Waals surface area contributed by atoms with Gasteiger partial charge in [-0.2, -0.15) is 0 Å². The summed E-state index contributed by atoms with van der Waals surface area (Å²) in [5.74, 6) is 0.867. The first-order valence-electron chi connectivity index (χ1n) is 6.25. The van der Waals surface area contributed by atoms with Crippen LogP contribution < -0.4 is 4.74 Å². The molecule has 4 heteroatoms. The molecule has 0 saturated carbocycles. The van der Waals surface area contributed by atoms with Gasteiger partial charge in [0.05, 0.1) is 12.8 Å². The van der Waals surface area contributed by atoms with Crippen molar-refractivity contribution in [1.29, 1.82) is 0 Å². The highest BCUT2D eigenvalue weighted by Gasteiger charge is 2.05. The maximum absolute atomic E-state index is 5.24. The molecule has 0 bridgehead atoms. The van der Waals surface area contributed by atoms with E-state index >= 15 is 0 Å². The first-order valence-corrected chi connectivity index (χ1v) is 7.04. The van der Waals surface area contributed by atoms with Crippen molar-refractivity contribution in [2.24, 2.45) is 0 Å². The smallest absolute Gasteiger partial charge is 0.197 e. The molecule has 20 heavy (non-hydrogen) atoms. The van der Waals surface area contributed by atoms with Crippen LogP contribution in [0.25, 0.3) is 22.0 Å². The highest BCUT2D eigenvalue weighted by atomic mass is 79.9. The predicted octanol–water partition coefficient (Wildman–Crippen LogP) is 4.38. The molecule has 0 radical (unpaired) electrons. The molecule has 0 fully saturated rings. The fourth-order valence-corrected chi connectivity index (χ4v) is 2.66. The van der Waals surface area contributed by atoms with E-state index in [0.717, 1.165) is 33.5 Å². The standard InChI is InChI=1S/C16H13BrN2O/c1-10-7-15(19-16(17)18-10)13-4-3-12-9-14(20-2)6-5-11(12)8-13/h3-9H,1-2H3. The van der Waals surface area contributed by atoms with Crippen LogP contribution in [0.2, 0.25) is 0 Å². The maximum Gasteiger partial charge on any atom is 0.197 e. The first kappa shape index (κ1) is 13.1. The van der Waals surface area contributed by atoms with Gasteiger partial charge in [0.2, 0.25) is 0 Å². The van der Waals surface area contributed by atoms with E-state index in [1.165, 1.54) is 0 Å². The molecule has 0 N–H and O–H groups in total. The maximum atomic E-state index is 5.24. The zero-order valence-electron chi connectivity index (χ0n) is 11.2. The van der Waals surface area contributed by atoms with E-state index in [4.69, 9.17) is 4.74 Å². The lowest BCUT2D eigenvalue weighted by molar-refractivity contribution is 0.415. The van der Waals surface area contributed by atoms with Gasteiger partial charge in [0.15, 0.2) is 4.73 Å². The van der Waals surface area contributed by atoms with E-state index in [0.29, 0.717) is 4.73 Å². The van der Waals surface area contributed by atoms with Gasteiger partial charge in [-0.15, -0.1) is 0 Å². The van der Waals surface area contributed by atoms with Crippen LogP contribution in [0, 0.1) is 6.92 Å². The largest absolute Gasteiger partial charge is 0.497 e. The Morgan fingerprint density at radius 2 is 1.70 bits per heavy atom. The Morgan fingerprint density at radius 3 is 2.45 bits per heavy atom. The molecule has 1 heterocycles. The molecule has 0 unspecified atom stereocenters. The van der Waals surface area contributed by atoms with Gasteiger partial charge in [0.1, 0.15) is 5.75 Å². The van der Waals surface area contributed by atoms with Crippen LogP contribution in [-0.4, -0.2) is 17.1 Å². The van der Waals surface area contributed by atoms with Crippen molar-refractivity contribution in [2.75, 3.05) is 7.11 Å². The van der Waals surface area contributed by atoms with Crippen molar-refractivity contribution in [3.63, 3.8) is 0 Å². The molecule has 0 atom stereocenters. The minimum absolute atomic E-state index is 0.613. The number of ether oxygens (including phenoxy) is 1. The third-order valence-electron chi connectivity index (χ3n) is 3.17. The van der Waals surface area contributed by atoms with Gasteiger partial charge in [0.25, 0.3) is 0 Å². The number of aryl methyl sites for hydroxylation is 1. The lowest BCUT2D eigenvalue weighted by Gasteiger charge is -2.06. The number of aromatic nitrogens is 2. The van der Waals surface area contributed by atoms with E-state index in [9.17, 15) is 0 Å². The minimum Gasteiger partial charge on any atom is -0.497 e. The summed E-state index contributed by atoms with van der Waals surface area (Å²) in [6.07, 6.45) is 0. The molecule has 0 aliphatic heterocycles. The molecule has 1 aromatic heterocycles. The van der Waals surface area contributed by atoms with Crippen LogP contribution in [0.1, 0.15) is 5.69 Å². The summed E-state index contributed by atoms with van der Waals surface area (Å²) < 4.78 is 5.86. The number of methoxy groups -OCH3 is 1. The summed E-state index contributed by atoms with van der Waals surface area (Å²) >= 11 is 3.34. The lowest BCUT2D eigenvalue weighted by atomic mass is 10.0. The summed E-state index contributed by atoms with van der Waals surface area (Å²) in [5.41, 5.74) is 2.94. The van der Waals surface area contributed by atoms with Gasteiger partial charge in [-0.05, 0) is 57.9 Å². The van der Waals surface area contributed by atoms with Gasteiger partial charge >= 0.3 is 0 Å². The highest BCUT2D eigenvalue weighted by Crippen LogP contribution is 2.26. The average Bonchev–Trinajstić information content (AvgIpc) is 2.45. The molecular weight excluding hydrogens is 316 g/mol. The van der Waals surface area contributed by atoms with Gasteiger partial charge < -0.3 is 4.74 Å². The Labute approximate surface area is 125 Å². The molecule has 2 aromatic carbocycles. The van der Waals surface area contributed by atoms with Crippen molar-refractivity contribution in [3.05, 3.63) is 52.9 Å². The second kappa shape index (κ2) is 5.21. The van der Waals surface area contributed by atoms with E-state index < -0.39 is 0 Å². The van der Waals surface area contributed by atoms with E-state index in [1.807, 2.05) is 25.1 Å². The summed E-state index contributed by atoms with van der Waals surface area (Å²) in [6.45, 7) is 1.96. The third-order valence-corrected chi connectivity index (χ3v) is 3.52. The second-order valence-corrected chi connectivity index (χ2v) is 5.30. The molecule has 3 nitrogen and oxygen atoms in total. The number of hydrogen-bond acceptors (Lipinski definition) is 3. The Balaban J connectivity index is 2.12. The number of halogens is 1. The van der Waals surface area contributed by atoms with Crippen LogP contribution in [0.15, 0.2) is 47.2 Å². The molecule has 0 saturated heterocycles. The Hall–Kier alpha value is -1.94. The molecule has 3 aromatic rings. The van der Waals surface area contributed by atoms with E-state index in [1.54, 1.807) is 7.11 Å². The quantitative estimate of drug-likeness (QED) is 0.655. The Bertz CT molecular complexity index is 766. The van der Waals surface area contributed by atoms with Crippen molar-refractivity contribution in [1.82, 2.24) is 9.97 Å². The molecule has 100 valence electrons. The minimum atomic E-state index is 0.613. The SMILES string of the molecule is COc1ccc2cc(-c3cc(C)nc(Br)n3)ccc2c1. The lowest BCUT2D eigenvalue weighted by Crippen LogP contribution is -1.91. The Kier molecular flexibility index (Phi) is 3.40. The van der Waals surface area contributed by atoms with Crippen molar-refractivity contribution in [2.45, 2.75) is 6.92 Å². The number of rotatable bonds is 2. The van der Waals surface area contributed by atoms with Crippen molar-refractivity contribution in [3.8, 4) is 17.0 Å². The van der Waals surface area contributed by atoms with E-state index in [-0.39, 0.29) is 0 Å². The van der Waals surface area contributed by atoms with E-state index in [2.05, 4.69) is 50.2 Å². The fraction of sp³-hybridized carbons (Fsp3) is 0.125. The van der Waals surface area contributed by atoms with Gasteiger partial charge in [-0.1, -0.05) is 18.2 Å². The second-order valence-electron chi connectivity index (χ2n) is 4.59. The molecular formula is C16H13BrN2O. The monoisotopic (exact) mass is 328 g/mol. The van der Waals surface area contributed by atoms with Crippen LogP contribution >= 0.6 is 15.9 Å². The van der Waals surface area contributed by atoms with Crippen LogP contribution in [0.5, 0.6) is 5.75 Å². The van der Waals surface area contributed by atoms with Gasteiger partial charge in [0, 0.05) is 11.3 Å². The molecule has 0 spiro atoms. The van der Waals surface area contributed by atoms with Gasteiger partial charge in [-0.25, -0.2) is 9.97 Å². The highest BCUT2D eigenvalue weighted by molar-refractivity contribution is 9.10. The topological polar surface area (TPSA) is 35.0 Å². The number of benzene rings is 2. The zero-order valence-corrected chi connectivity index (χ0v) is 12.8. The van der Waals surface area contributed by atoms with Crippen molar-refractivity contribution >= 4 is 26.7 Å². The molecule has 0 aliphatic carbocycles. The predicted molar refractivity (Wildman–Crippen MR) is 84.0 cm³/mol. The van der Waals surface area contributed by atoms with Crippen LogP contribution in [0.3, 0.4) is 0 Å². The normalized spacial score (nSPS) is 10.8. The molecule has 0 amide bonds. The summed E-state index contributed by atoms with van der Waals surface area (Å²) in [6, 6.07) is 14.3. The number of hydrogen-bond donors (Lipinski definition) is 0. The average molecular weight is 329 g/mol. The Morgan fingerprint density at radius 1 is 0.950 bits per heavy atom. The van der Waals surface area contributed by atoms with Gasteiger partial charge in [-0.3, -0.25) is 0 Å². The molecule has 3 rings (SSSR count).